The van der Waals surface area contributed by atoms with Crippen molar-refractivity contribution in [3.63, 3.8) is 0 Å². The highest BCUT2D eigenvalue weighted by Crippen LogP contribution is 2.26. The first kappa shape index (κ1) is 18.7. The van der Waals surface area contributed by atoms with Crippen LogP contribution in [0.3, 0.4) is 0 Å². The van der Waals surface area contributed by atoms with Gasteiger partial charge in [0.25, 0.3) is 5.22 Å². The second-order valence-corrected chi connectivity index (χ2v) is 7.53. The number of amides is 1. The third-order valence-electron chi connectivity index (χ3n) is 3.81. The summed E-state index contributed by atoms with van der Waals surface area (Å²) in [7, 11) is 0. The van der Waals surface area contributed by atoms with E-state index in [9.17, 15) is 4.79 Å². The van der Waals surface area contributed by atoms with Gasteiger partial charge in [0.05, 0.1) is 5.75 Å². The molecule has 0 radical (unpaired) electrons. The minimum Gasteiger partial charge on any atom is -0.411 e. The Labute approximate surface area is 164 Å². The largest absolute Gasteiger partial charge is 0.411 e. The first-order chi connectivity index (χ1) is 12.6. The van der Waals surface area contributed by atoms with E-state index in [-0.39, 0.29) is 11.7 Å². The second-order valence-electron chi connectivity index (χ2n) is 5.68. The Hall–Kier alpha value is -2.12. The number of hydrogen-bond acceptors (Lipinski definition) is 5. The molecular formula is C19H18BrN3O2S. The Balaban J connectivity index is 1.62. The Kier molecular flexibility index (Phi) is 6.11. The van der Waals surface area contributed by atoms with Gasteiger partial charge >= 0.3 is 0 Å². The summed E-state index contributed by atoms with van der Waals surface area (Å²) < 4.78 is 6.57. The lowest BCUT2D eigenvalue weighted by Gasteiger charge is -2.12. The smallest absolute Gasteiger partial charge is 0.277 e. The number of halogens is 1. The summed E-state index contributed by atoms with van der Waals surface area (Å²) in [5.41, 5.74) is 3.90. The first-order valence-corrected chi connectivity index (χ1v) is 9.95. The number of thioether (sulfide) groups is 1. The maximum absolute atomic E-state index is 12.3. The predicted molar refractivity (Wildman–Crippen MR) is 107 cm³/mol. The van der Waals surface area contributed by atoms with Crippen molar-refractivity contribution in [2.24, 2.45) is 0 Å². The fraction of sp³-hybridized carbons (Fsp3) is 0.211. The summed E-state index contributed by atoms with van der Waals surface area (Å²) in [5, 5.41) is 11.4. The van der Waals surface area contributed by atoms with Crippen LogP contribution < -0.4 is 5.32 Å². The quantitative estimate of drug-likeness (QED) is 0.549. The van der Waals surface area contributed by atoms with Crippen LogP contribution in [0.2, 0.25) is 0 Å². The molecule has 0 unspecified atom stereocenters. The Bertz CT molecular complexity index is 927. The summed E-state index contributed by atoms with van der Waals surface area (Å²) in [5.74, 6) is 0.542. The zero-order valence-corrected chi connectivity index (χ0v) is 16.9. The van der Waals surface area contributed by atoms with Gasteiger partial charge in [0.15, 0.2) is 0 Å². The molecule has 134 valence electrons. The van der Waals surface area contributed by atoms with E-state index in [0.29, 0.717) is 11.1 Å². The molecule has 3 aromatic rings. The Morgan fingerprint density at radius 3 is 2.81 bits per heavy atom. The monoisotopic (exact) mass is 431 g/mol. The average Bonchev–Trinajstić information content (AvgIpc) is 3.11. The topological polar surface area (TPSA) is 68.0 Å². The van der Waals surface area contributed by atoms with E-state index < -0.39 is 0 Å². The summed E-state index contributed by atoms with van der Waals surface area (Å²) in [6, 6.07) is 13.6. The minimum absolute atomic E-state index is 0.0961. The third-order valence-corrected chi connectivity index (χ3v) is 5.12. The lowest BCUT2D eigenvalue weighted by Crippen LogP contribution is -2.16. The molecule has 0 saturated heterocycles. The molecule has 1 N–H and O–H groups in total. The van der Waals surface area contributed by atoms with Gasteiger partial charge in [0.1, 0.15) is 0 Å². The van der Waals surface area contributed by atoms with Crippen LogP contribution in [-0.2, 0) is 11.2 Å². The van der Waals surface area contributed by atoms with Crippen LogP contribution in [0.25, 0.3) is 11.5 Å². The standard InChI is InChI=1S/C19H18BrN3O2S/c1-3-13-7-4-6-12(2)17(13)21-16(24)11-26-19-23-22-18(25-19)14-8-5-9-15(20)10-14/h4-10H,3,11H2,1-2H3,(H,21,24). The maximum atomic E-state index is 12.3. The number of hydrogen-bond donors (Lipinski definition) is 1. The van der Waals surface area contributed by atoms with Gasteiger partial charge in [-0.05, 0) is 42.7 Å². The fourth-order valence-corrected chi connectivity index (χ4v) is 3.47. The highest BCUT2D eigenvalue weighted by molar-refractivity contribution is 9.10. The van der Waals surface area contributed by atoms with Gasteiger partial charge in [-0.15, -0.1) is 10.2 Å². The molecule has 26 heavy (non-hydrogen) atoms. The zero-order valence-electron chi connectivity index (χ0n) is 14.5. The van der Waals surface area contributed by atoms with E-state index >= 15 is 0 Å². The van der Waals surface area contributed by atoms with Crippen LogP contribution in [0, 0.1) is 6.92 Å². The SMILES string of the molecule is CCc1cccc(C)c1NC(=O)CSc1nnc(-c2cccc(Br)c2)o1. The lowest BCUT2D eigenvalue weighted by molar-refractivity contribution is -0.113. The number of para-hydroxylation sites is 1. The molecule has 0 atom stereocenters. The number of nitrogens with one attached hydrogen (secondary N) is 1. The van der Waals surface area contributed by atoms with Crippen LogP contribution in [0.15, 0.2) is 56.6 Å². The molecule has 7 heteroatoms. The van der Waals surface area contributed by atoms with Crippen molar-refractivity contribution in [2.45, 2.75) is 25.5 Å². The molecule has 0 fully saturated rings. The number of rotatable bonds is 6. The van der Waals surface area contributed by atoms with Crippen molar-refractivity contribution in [3.05, 3.63) is 58.1 Å². The Morgan fingerprint density at radius 2 is 2.04 bits per heavy atom. The van der Waals surface area contributed by atoms with Gasteiger partial charge in [-0.3, -0.25) is 4.79 Å². The second kappa shape index (κ2) is 8.51. The van der Waals surface area contributed by atoms with E-state index in [2.05, 4.69) is 38.4 Å². The van der Waals surface area contributed by atoms with Crippen LogP contribution >= 0.6 is 27.7 Å². The van der Waals surface area contributed by atoms with E-state index in [0.717, 1.165) is 33.3 Å². The molecule has 0 aliphatic rings. The molecule has 1 aromatic heterocycles. The van der Waals surface area contributed by atoms with E-state index in [4.69, 9.17) is 4.42 Å². The van der Waals surface area contributed by atoms with E-state index in [1.54, 1.807) is 0 Å². The van der Waals surface area contributed by atoms with Crippen molar-refractivity contribution < 1.29 is 9.21 Å². The first-order valence-electron chi connectivity index (χ1n) is 8.17. The molecule has 0 aliphatic heterocycles. The normalized spacial score (nSPS) is 10.7. The highest BCUT2D eigenvalue weighted by atomic mass is 79.9. The molecule has 0 bridgehead atoms. The maximum Gasteiger partial charge on any atom is 0.277 e. The molecule has 0 aliphatic carbocycles. The number of carbonyl (C=O) groups excluding carboxylic acids is 1. The summed E-state index contributed by atoms with van der Waals surface area (Å²) in [4.78, 5) is 12.3. The van der Waals surface area contributed by atoms with Gasteiger partial charge in [0, 0.05) is 15.7 Å². The number of anilines is 1. The summed E-state index contributed by atoms with van der Waals surface area (Å²) in [6.07, 6.45) is 0.865. The molecule has 3 rings (SSSR count). The number of aryl methyl sites for hydroxylation is 2. The number of aromatic nitrogens is 2. The molecular weight excluding hydrogens is 414 g/mol. The number of benzene rings is 2. The van der Waals surface area contributed by atoms with Crippen molar-refractivity contribution in [2.75, 3.05) is 11.1 Å². The molecule has 0 spiro atoms. The van der Waals surface area contributed by atoms with Crippen LogP contribution in [0.1, 0.15) is 18.1 Å². The average molecular weight is 432 g/mol. The van der Waals surface area contributed by atoms with Gasteiger partial charge < -0.3 is 9.73 Å². The van der Waals surface area contributed by atoms with Crippen LogP contribution in [0.5, 0.6) is 0 Å². The fourth-order valence-electron chi connectivity index (χ4n) is 2.51. The molecule has 5 nitrogen and oxygen atoms in total. The highest BCUT2D eigenvalue weighted by Gasteiger charge is 2.13. The van der Waals surface area contributed by atoms with Crippen LogP contribution in [-0.4, -0.2) is 21.9 Å². The lowest BCUT2D eigenvalue weighted by atomic mass is 10.1. The third kappa shape index (κ3) is 4.53. The van der Waals surface area contributed by atoms with Gasteiger partial charge in [-0.2, -0.15) is 0 Å². The molecule has 2 aromatic carbocycles. The van der Waals surface area contributed by atoms with Crippen molar-refractivity contribution >= 4 is 39.3 Å². The minimum atomic E-state index is -0.0961. The molecule has 0 saturated carbocycles. The van der Waals surface area contributed by atoms with Crippen molar-refractivity contribution in [1.29, 1.82) is 0 Å². The van der Waals surface area contributed by atoms with Crippen molar-refractivity contribution in [1.82, 2.24) is 10.2 Å². The van der Waals surface area contributed by atoms with Crippen molar-refractivity contribution in [3.8, 4) is 11.5 Å². The molecule has 1 amide bonds. The summed E-state index contributed by atoms with van der Waals surface area (Å²) >= 11 is 4.64. The van der Waals surface area contributed by atoms with Crippen LogP contribution in [0.4, 0.5) is 5.69 Å². The molecule has 1 heterocycles. The van der Waals surface area contributed by atoms with E-state index in [1.165, 1.54) is 11.8 Å². The predicted octanol–water partition coefficient (Wildman–Crippen LogP) is 5.10. The number of carbonyl (C=O) groups is 1. The Morgan fingerprint density at radius 1 is 1.23 bits per heavy atom. The van der Waals surface area contributed by atoms with Gasteiger partial charge in [-0.25, -0.2) is 0 Å². The number of nitrogens with zero attached hydrogens (tertiary/aromatic N) is 2. The van der Waals surface area contributed by atoms with E-state index in [1.807, 2.05) is 49.4 Å². The van der Waals surface area contributed by atoms with Gasteiger partial charge in [-0.1, -0.05) is 58.9 Å². The van der Waals surface area contributed by atoms with Gasteiger partial charge in [0.2, 0.25) is 11.8 Å². The summed E-state index contributed by atoms with van der Waals surface area (Å²) in [6.45, 7) is 4.06. The zero-order chi connectivity index (χ0) is 18.5.